The number of phenolic OH excluding ortho intramolecular Hbond substituents is 1. The van der Waals surface area contributed by atoms with Crippen molar-refractivity contribution < 1.29 is 59.1 Å². The van der Waals surface area contributed by atoms with Gasteiger partial charge in [0.1, 0.15) is 11.6 Å². The van der Waals surface area contributed by atoms with Crippen LogP contribution >= 0.6 is 0 Å². The molecule has 0 bridgehead atoms. The second-order valence-corrected chi connectivity index (χ2v) is 20.2. The summed E-state index contributed by atoms with van der Waals surface area (Å²) in [4.78, 5) is 9.71. The summed E-state index contributed by atoms with van der Waals surface area (Å²) in [6.45, 7) is -8.25. The van der Waals surface area contributed by atoms with E-state index in [9.17, 15) is 6.48 Å². The monoisotopic (exact) mass is 1100 g/mol. The zero-order valence-corrected chi connectivity index (χ0v) is 41.8. The molecule has 0 unspecified atom stereocenters. The van der Waals surface area contributed by atoms with Crippen LogP contribution in [0.1, 0.15) is 164 Å². The number of fused-ring (bicyclic) bond motifs is 1. The molecule has 5 heteroatoms. The van der Waals surface area contributed by atoms with Crippen LogP contribution in [0.25, 0.3) is 72.7 Å². The number of aromatic hydroxyl groups is 1. The van der Waals surface area contributed by atoms with Crippen LogP contribution in [-0.2, 0) is 49.1 Å². The number of imidazole rings is 1. The Hall–Kier alpha value is -5.57. The Labute approximate surface area is 455 Å². The molecule has 0 atom stereocenters. The predicted octanol–water partition coefficient (Wildman–Crippen LogP) is 17.0. The summed E-state index contributed by atoms with van der Waals surface area (Å²) in [6, 6.07) is 28.1. The average Bonchev–Trinajstić information content (AvgIpc) is 0.799. The molecular weight excluding hydrogens is 1010 g/mol. The molecule has 2 aromatic heterocycles. The summed E-state index contributed by atoms with van der Waals surface area (Å²) in [7, 11) is 0. The number of aromatic nitrogens is 3. The molecule has 0 amide bonds. The Morgan fingerprint density at radius 1 is 0.618 bits per heavy atom. The van der Waals surface area contributed by atoms with Crippen molar-refractivity contribution in [1.29, 1.82) is 0 Å². The van der Waals surface area contributed by atoms with Gasteiger partial charge < -0.3 is 5.11 Å². The van der Waals surface area contributed by atoms with E-state index in [1.807, 2.05) is 47.6 Å². The molecule has 6 aromatic carbocycles. The summed E-state index contributed by atoms with van der Waals surface area (Å²) in [5.74, 6) is -1.96. The molecule has 0 saturated heterocycles. The normalized spacial score (nSPS) is 19.1. The number of pyridine rings is 1. The van der Waals surface area contributed by atoms with Crippen molar-refractivity contribution in [2.45, 2.75) is 131 Å². The van der Waals surface area contributed by atoms with Gasteiger partial charge in [-0.15, -0.1) is 29.3 Å². The van der Waals surface area contributed by atoms with Crippen LogP contribution in [0.15, 0.2) is 133 Å². The number of hydrogen-bond donors (Lipinski definition) is 1. The Bertz CT molecular complexity index is 4040. The Balaban J connectivity index is 0.0000120. The van der Waals surface area contributed by atoms with Crippen LogP contribution in [0.2, 0.25) is 0 Å². The Morgan fingerprint density at radius 2 is 1.26 bits per heavy atom. The topological polar surface area (TPSA) is 50.9 Å². The van der Waals surface area contributed by atoms with Gasteiger partial charge >= 0.3 is 0 Å². The molecule has 0 fully saturated rings. The fourth-order valence-electron chi connectivity index (χ4n) is 8.02. The quantitative estimate of drug-likeness (QED) is 0.162. The van der Waals surface area contributed by atoms with Gasteiger partial charge in [0.05, 0.1) is 27.8 Å². The van der Waals surface area contributed by atoms with Gasteiger partial charge in [0.25, 0.3) is 0 Å². The van der Waals surface area contributed by atoms with Crippen LogP contribution in [-0.4, -0.2) is 19.6 Å². The van der Waals surface area contributed by atoms with Gasteiger partial charge in [-0.05, 0) is 97.1 Å². The molecule has 1 N–H and O–H groups in total. The smallest absolute Gasteiger partial charge is 0.148 e. The molecule has 0 saturated carbocycles. The minimum atomic E-state index is -4.21. The van der Waals surface area contributed by atoms with E-state index in [-0.39, 0.29) is 107 Å². The molecular formula is C63H70N3OPt-. The van der Waals surface area contributed by atoms with E-state index >= 15 is 0 Å². The first-order chi connectivity index (χ1) is 41.2. The number of phenols is 1. The van der Waals surface area contributed by atoms with Crippen LogP contribution in [0, 0.1) is 11.5 Å². The second kappa shape index (κ2) is 18.4. The van der Waals surface area contributed by atoms with E-state index in [0.717, 1.165) is 5.56 Å². The van der Waals surface area contributed by atoms with Gasteiger partial charge in [0.15, 0.2) is 0 Å². The summed E-state index contributed by atoms with van der Waals surface area (Å²) in [5.41, 5.74) is -10.9. The van der Waals surface area contributed by atoms with E-state index in [2.05, 4.69) is 11.1 Å². The first-order valence-corrected chi connectivity index (χ1v) is 22.0. The van der Waals surface area contributed by atoms with E-state index in [1.165, 1.54) is 22.9 Å². The molecule has 2 heterocycles. The van der Waals surface area contributed by atoms with Crippen LogP contribution in [0.3, 0.4) is 0 Å². The maximum Gasteiger partial charge on any atom is 0.148 e. The zero-order valence-electron chi connectivity index (χ0n) is 63.5. The maximum absolute atomic E-state index is 13.1. The van der Waals surface area contributed by atoms with Gasteiger partial charge in [0, 0.05) is 71.5 Å². The van der Waals surface area contributed by atoms with Crippen LogP contribution in [0.5, 0.6) is 5.75 Å². The largest absolute Gasteiger partial charge is 0.507 e. The number of nitrogens with zero attached hydrogens (tertiary/aromatic N) is 3. The van der Waals surface area contributed by atoms with Gasteiger partial charge in [-0.2, -0.15) is 0 Å². The second-order valence-electron chi connectivity index (χ2n) is 20.2. The average molecular weight is 1100 g/mol. The third-order valence-electron chi connectivity index (χ3n) is 11.5. The van der Waals surface area contributed by atoms with Crippen molar-refractivity contribution in [3.8, 4) is 67.5 Å². The summed E-state index contributed by atoms with van der Waals surface area (Å²) in [6.07, 6.45) is -0.824. The van der Waals surface area contributed by atoms with E-state index in [4.69, 9.17) is 36.5 Å². The number of para-hydroxylation sites is 1. The van der Waals surface area contributed by atoms with Crippen molar-refractivity contribution in [2.75, 3.05) is 0 Å². The Morgan fingerprint density at radius 3 is 1.91 bits per heavy atom. The van der Waals surface area contributed by atoms with Gasteiger partial charge in [-0.3, -0.25) is 9.55 Å². The summed E-state index contributed by atoms with van der Waals surface area (Å²) < 4.78 is 215. The minimum Gasteiger partial charge on any atom is -0.507 e. The van der Waals surface area contributed by atoms with Crippen LogP contribution in [0.4, 0.5) is 0 Å². The molecule has 0 spiro atoms. The molecule has 4 nitrogen and oxygen atoms in total. The molecule has 8 rings (SSSR count). The van der Waals surface area contributed by atoms with Crippen molar-refractivity contribution in [1.82, 2.24) is 14.5 Å². The Kier molecular flexibility index (Phi) is 7.46. The molecule has 0 radical (unpaired) electrons. The molecule has 0 aliphatic heterocycles. The predicted molar refractivity (Wildman–Crippen MR) is 285 cm³/mol. The summed E-state index contributed by atoms with van der Waals surface area (Å²) >= 11 is 0. The molecule has 8 aromatic rings. The first-order valence-electron chi connectivity index (χ1n) is 34.0. The SMILES string of the molecule is [2H]c1cc(C([2H])([2H])C(C)(C)C)cc([2H])c1-c1c([2H])cnc(-c2[c-]c(-c3cccc4c3nc(-c3cc(C(C([2H])([2H])[2H])(C([2H])([2H])[2H])C([2H])([2H])[2H])cc(C(C([2H])([2H])[2H])(C([2H])([2H])[2H])C([2H])([2H])[2H])c3O)n4-c3ccc(C(C)(C)C)cc3-c3ccccc3)cc(C(C)(C)C)c2)c1[2H].[Pt]. The maximum atomic E-state index is 13.1. The molecule has 354 valence electrons. The number of hydrogen-bond acceptors (Lipinski definition) is 3. The number of benzene rings is 6. The van der Waals surface area contributed by atoms with Gasteiger partial charge in [-0.1, -0.05) is 199 Å². The standard InChI is InChI=1S/C63H70N3O.Pt/c1-59(2,3)39-40-24-26-41(27-25-40)43-30-31-64-53(35-43)45-32-44(33-47(34-45)61(7,8)9)49-22-19-23-55-56(49)65-58(51-37-48(62(10,11)12)38-52(57(51)67)63(13,14)15)66(55)54-29-28-46(60(4,5)6)36-50(54)42-20-17-16-18-21-42;/h16-31,33-38,67H,39H2,1-15H3;/q-1;/i10D3,11D3,12D3,13D3,14D3,15D3,26D,27D,30D,35D,39D2;. The van der Waals surface area contributed by atoms with E-state index < -0.39 is 103 Å². The third-order valence-corrected chi connectivity index (χ3v) is 11.5. The van der Waals surface area contributed by atoms with Crippen molar-refractivity contribution >= 4 is 11.0 Å². The molecule has 0 aliphatic rings. The number of rotatable bonds is 7. The summed E-state index contributed by atoms with van der Waals surface area (Å²) in [5, 5.41) is 13.1. The van der Waals surface area contributed by atoms with Crippen molar-refractivity contribution in [3.05, 3.63) is 167 Å². The molecule has 0 aliphatic carbocycles. The van der Waals surface area contributed by atoms with E-state index in [0.29, 0.717) is 22.8 Å². The van der Waals surface area contributed by atoms with Gasteiger partial charge in [0.2, 0.25) is 0 Å². The van der Waals surface area contributed by atoms with E-state index in [1.54, 1.807) is 93.6 Å². The zero-order chi connectivity index (χ0) is 68.7. The fourth-order valence-corrected chi connectivity index (χ4v) is 8.02. The minimum absolute atomic E-state index is 0. The van der Waals surface area contributed by atoms with Crippen molar-refractivity contribution in [2.24, 2.45) is 5.41 Å². The third kappa shape index (κ3) is 10.5. The fraction of sp³-hybridized carbons (Fsp3) is 0.333. The van der Waals surface area contributed by atoms with Crippen molar-refractivity contribution in [3.63, 3.8) is 0 Å². The first kappa shape index (κ1) is 27.6. The molecule has 68 heavy (non-hydrogen) atoms. The van der Waals surface area contributed by atoms with Gasteiger partial charge in [-0.25, -0.2) is 4.98 Å². The van der Waals surface area contributed by atoms with Crippen LogP contribution < -0.4 is 0 Å².